The van der Waals surface area contributed by atoms with Crippen LogP contribution in [-0.4, -0.2) is 40.9 Å². The summed E-state index contributed by atoms with van der Waals surface area (Å²) in [5.41, 5.74) is 1.59. The number of rotatable bonds is 8. The predicted octanol–water partition coefficient (Wildman–Crippen LogP) is 2.66. The van der Waals surface area contributed by atoms with E-state index < -0.39 is 0 Å². The molecule has 1 atom stereocenters. The first-order valence-electron chi connectivity index (χ1n) is 7.72. The van der Waals surface area contributed by atoms with Crippen molar-refractivity contribution in [2.45, 2.75) is 53.1 Å². The molecule has 0 aliphatic rings. The highest BCUT2D eigenvalue weighted by molar-refractivity contribution is 5.02. The topological polar surface area (TPSA) is 33.1 Å². The predicted molar refractivity (Wildman–Crippen MR) is 85.7 cm³/mol. The van der Waals surface area contributed by atoms with Crippen molar-refractivity contribution < 1.29 is 0 Å². The van der Waals surface area contributed by atoms with Crippen LogP contribution in [0.1, 0.15) is 46.1 Å². The summed E-state index contributed by atoms with van der Waals surface area (Å²) >= 11 is 0. The van der Waals surface area contributed by atoms with E-state index in [4.69, 9.17) is 0 Å². The second-order valence-electron chi connectivity index (χ2n) is 6.92. The van der Waals surface area contributed by atoms with E-state index in [1.807, 2.05) is 17.9 Å². The van der Waals surface area contributed by atoms with Crippen LogP contribution in [-0.2, 0) is 13.6 Å². The highest BCUT2D eigenvalue weighted by Crippen LogP contribution is 2.22. The SMILES string of the molecule is CCCNC(CCN(C)Cc1cnn(C)c1)C(C)(C)C. The fourth-order valence-corrected chi connectivity index (χ4v) is 2.45. The normalized spacial score (nSPS) is 13.9. The van der Waals surface area contributed by atoms with Crippen LogP contribution >= 0.6 is 0 Å². The lowest BCUT2D eigenvalue weighted by Gasteiger charge is -2.33. The van der Waals surface area contributed by atoms with Gasteiger partial charge in [-0.3, -0.25) is 4.68 Å². The van der Waals surface area contributed by atoms with E-state index in [1.54, 1.807) is 0 Å². The summed E-state index contributed by atoms with van der Waals surface area (Å²) in [6, 6.07) is 0.568. The molecule has 1 unspecified atom stereocenters. The molecule has 0 aliphatic heterocycles. The van der Waals surface area contributed by atoms with E-state index in [2.05, 4.69) is 56.3 Å². The minimum atomic E-state index is 0.310. The van der Waals surface area contributed by atoms with Crippen LogP contribution < -0.4 is 5.32 Å². The minimum Gasteiger partial charge on any atom is -0.313 e. The van der Waals surface area contributed by atoms with Gasteiger partial charge < -0.3 is 10.2 Å². The maximum atomic E-state index is 4.22. The molecule has 1 aromatic heterocycles. The average molecular weight is 280 g/mol. The van der Waals surface area contributed by atoms with Gasteiger partial charge >= 0.3 is 0 Å². The molecule has 20 heavy (non-hydrogen) atoms. The first-order chi connectivity index (χ1) is 9.32. The third-order valence-electron chi connectivity index (χ3n) is 3.70. The van der Waals surface area contributed by atoms with Gasteiger partial charge in [-0.2, -0.15) is 5.10 Å². The first kappa shape index (κ1) is 17.2. The third kappa shape index (κ3) is 6.06. The Morgan fingerprint density at radius 1 is 1.40 bits per heavy atom. The van der Waals surface area contributed by atoms with Crippen LogP contribution in [0.3, 0.4) is 0 Å². The number of nitrogens with zero attached hydrogens (tertiary/aromatic N) is 3. The lowest BCUT2D eigenvalue weighted by Crippen LogP contribution is -2.42. The van der Waals surface area contributed by atoms with E-state index in [1.165, 1.54) is 18.4 Å². The van der Waals surface area contributed by atoms with E-state index in [-0.39, 0.29) is 0 Å². The quantitative estimate of drug-likeness (QED) is 0.795. The van der Waals surface area contributed by atoms with E-state index in [0.717, 1.165) is 19.6 Å². The summed E-state index contributed by atoms with van der Waals surface area (Å²) < 4.78 is 1.87. The Balaban J connectivity index is 2.41. The Bertz CT molecular complexity index is 378. The van der Waals surface area contributed by atoms with Gasteiger partial charge in [-0.1, -0.05) is 27.7 Å². The molecule has 0 saturated heterocycles. The summed E-state index contributed by atoms with van der Waals surface area (Å²) in [6.07, 6.45) is 6.42. The average Bonchev–Trinajstić information content (AvgIpc) is 2.73. The molecule has 0 radical (unpaired) electrons. The fourth-order valence-electron chi connectivity index (χ4n) is 2.45. The molecule has 0 saturated carbocycles. The van der Waals surface area contributed by atoms with Crippen LogP contribution in [0.25, 0.3) is 0 Å². The van der Waals surface area contributed by atoms with Crippen molar-refractivity contribution >= 4 is 0 Å². The largest absolute Gasteiger partial charge is 0.313 e. The van der Waals surface area contributed by atoms with Crippen molar-refractivity contribution in [2.75, 3.05) is 20.1 Å². The molecule has 0 amide bonds. The molecule has 116 valence electrons. The lowest BCUT2D eigenvalue weighted by atomic mass is 9.84. The van der Waals surface area contributed by atoms with Crippen molar-refractivity contribution in [2.24, 2.45) is 12.5 Å². The molecule has 0 fully saturated rings. The van der Waals surface area contributed by atoms with Gasteiger partial charge in [0.15, 0.2) is 0 Å². The molecule has 1 heterocycles. The second kappa shape index (κ2) is 7.79. The fraction of sp³-hybridized carbons (Fsp3) is 0.812. The van der Waals surface area contributed by atoms with E-state index in [9.17, 15) is 0 Å². The monoisotopic (exact) mass is 280 g/mol. The van der Waals surface area contributed by atoms with Gasteiger partial charge in [-0.25, -0.2) is 0 Å². The van der Waals surface area contributed by atoms with E-state index >= 15 is 0 Å². The molecule has 0 spiro atoms. The number of aromatic nitrogens is 2. The van der Waals surface area contributed by atoms with Crippen LogP contribution in [0.2, 0.25) is 0 Å². The smallest absolute Gasteiger partial charge is 0.0534 e. The zero-order valence-corrected chi connectivity index (χ0v) is 14.1. The van der Waals surface area contributed by atoms with Crippen LogP contribution in [0, 0.1) is 5.41 Å². The summed E-state index contributed by atoms with van der Waals surface area (Å²) in [5.74, 6) is 0. The zero-order chi connectivity index (χ0) is 15.2. The molecule has 1 aromatic rings. The van der Waals surface area contributed by atoms with Gasteiger partial charge in [-0.15, -0.1) is 0 Å². The van der Waals surface area contributed by atoms with Gasteiger partial charge in [0.2, 0.25) is 0 Å². The van der Waals surface area contributed by atoms with Crippen molar-refractivity contribution in [1.82, 2.24) is 20.0 Å². The van der Waals surface area contributed by atoms with Crippen molar-refractivity contribution in [3.8, 4) is 0 Å². The van der Waals surface area contributed by atoms with Crippen molar-refractivity contribution in [3.05, 3.63) is 18.0 Å². The minimum absolute atomic E-state index is 0.310. The molecule has 0 bridgehead atoms. The lowest BCUT2D eigenvalue weighted by molar-refractivity contribution is 0.219. The Labute approximate surface area is 124 Å². The summed E-state index contributed by atoms with van der Waals surface area (Å²) in [5, 5.41) is 7.91. The molecule has 4 nitrogen and oxygen atoms in total. The molecule has 1 N–H and O–H groups in total. The standard InChI is InChI=1S/C16H32N4/c1-7-9-17-15(16(2,3)4)8-10-19(5)12-14-11-18-20(6)13-14/h11,13,15,17H,7-10,12H2,1-6H3. The van der Waals surface area contributed by atoms with Gasteiger partial charge in [0, 0.05) is 31.4 Å². The Hall–Kier alpha value is -0.870. The van der Waals surface area contributed by atoms with Crippen LogP contribution in [0.4, 0.5) is 0 Å². The summed E-state index contributed by atoms with van der Waals surface area (Å²) in [7, 11) is 4.15. The first-order valence-corrected chi connectivity index (χ1v) is 7.72. The molecule has 0 aliphatic carbocycles. The molecule has 4 heteroatoms. The van der Waals surface area contributed by atoms with Crippen molar-refractivity contribution in [1.29, 1.82) is 0 Å². The van der Waals surface area contributed by atoms with Crippen LogP contribution in [0.5, 0.6) is 0 Å². The molecular weight excluding hydrogens is 248 g/mol. The number of nitrogens with one attached hydrogen (secondary N) is 1. The van der Waals surface area contributed by atoms with Gasteiger partial charge in [-0.05, 0) is 38.4 Å². The maximum Gasteiger partial charge on any atom is 0.0534 e. The number of aryl methyl sites for hydroxylation is 1. The maximum absolute atomic E-state index is 4.22. The third-order valence-corrected chi connectivity index (χ3v) is 3.70. The molecule has 1 rings (SSSR count). The van der Waals surface area contributed by atoms with Gasteiger partial charge in [0.1, 0.15) is 0 Å². The summed E-state index contributed by atoms with van der Waals surface area (Å²) in [4.78, 5) is 2.38. The Kier molecular flexibility index (Phi) is 6.69. The Morgan fingerprint density at radius 3 is 2.60 bits per heavy atom. The summed E-state index contributed by atoms with van der Waals surface area (Å²) in [6.45, 7) is 12.4. The van der Waals surface area contributed by atoms with Crippen LogP contribution in [0.15, 0.2) is 12.4 Å². The molecular formula is C16H32N4. The van der Waals surface area contributed by atoms with Crippen molar-refractivity contribution in [3.63, 3.8) is 0 Å². The zero-order valence-electron chi connectivity index (χ0n) is 14.1. The number of hydrogen-bond donors (Lipinski definition) is 1. The molecule has 0 aromatic carbocycles. The van der Waals surface area contributed by atoms with E-state index in [0.29, 0.717) is 11.5 Å². The Morgan fingerprint density at radius 2 is 2.10 bits per heavy atom. The van der Waals surface area contributed by atoms with Gasteiger partial charge in [0.05, 0.1) is 6.20 Å². The number of hydrogen-bond acceptors (Lipinski definition) is 3. The highest BCUT2D eigenvalue weighted by Gasteiger charge is 2.23. The van der Waals surface area contributed by atoms with Gasteiger partial charge in [0.25, 0.3) is 0 Å². The second-order valence-corrected chi connectivity index (χ2v) is 6.92. The highest BCUT2D eigenvalue weighted by atomic mass is 15.2.